The first-order valence-electron chi connectivity index (χ1n) is 6.16. The fourth-order valence-electron chi connectivity index (χ4n) is 1.93. The van der Waals surface area contributed by atoms with E-state index in [1.165, 1.54) is 11.6 Å². The number of hydrogen-bond donors (Lipinski definition) is 1. The Morgan fingerprint density at radius 1 is 1.25 bits per heavy atom. The molecule has 2 rings (SSSR count). The van der Waals surface area contributed by atoms with E-state index in [9.17, 15) is 9.59 Å². The third kappa shape index (κ3) is 2.96. The fraction of sp³-hybridized carbons (Fsp3) is 0.286. The minimum absolute atomic E-state index is 0.262. The van der Waals surface area contributed by atoms with Gasteiger partial charge in [-0.1, -0.05) is 6.07 Å². The zero-order valence-corrected chi connectivity index (χ0v) is 12.5. The second-order valence-corrected chi connectivity index (χ2v) is 5.38. The average molecular weight is 291 g/mol. The summed E-state index contributed by atoms with van der Waals surface area (Å²) in [5.74, 6) is 0. The first kappa shape index (κ1) is 14.5. The van der Waals surface area contributed by atoms with Gasteiger partial charge in [0.2, 0.25) is 0 Å². The molecule has 0 atom stereocenters. The van der Waals surface area contributed by atoms with Crippen molar-refractivity contribution in [2.45, 2.75) is 11.4 Å². The van der Waals surface area contributed by atoms with Crippen LogP contribution >= 0.6 is 11.8 Å². The molecule has 0 saturated carbocycles. The van der Waals surface area contributed by atoms with Crippen LogP contribution in [-0.4, -0.2) is 15.4 Å². The van der Waals surface area contributed by atoms with E-state index in [1.54, 1.807) is 25.0 Å². The summed E-state index contributed by atoms with van der Waals surface area (Å²) in [5, 5.41) is 3.21. The molecule has 20 heavy (non-hydrogen) atoms. The molecule has 0 fully saturated rings. The SMILES string of the molecule is CSc1cccc(NCc2cn(C)c(=O)n(C)c2=O)c1. The molecule has 5 nitrogen and oxygen atoms in total. The van der Waals surface area contributed by atoms with Crippen LogP contribution in [0.2, 0.25) is 0 Å². The van der Waals surface area contributed by atoms with Gasteiger partial charge in [-0.25, -0.2) is 4.79 Å². The van der Waals surface area contributed by atoms with Gasteiger partial charge in [0.05, 0.1) is 5.56 Å². The molecule has 0 aliphatic heterocycles. The standard InChI is InChI=1S/C14H17N3O2S/c1-16-9-10(13(18)17(2)14(16)19)8-15-11-5-4-6-12(7-11)20-3/h4-7,9,15H,8H2,1-3H3. The Labute approximate surface area is 121 Å². The first-order valence-corrected chi connectivity index (χ1v) is 7.39. The van der Waals surface area contributed by atoms with Crippen molar-refractivity contribution < 1.29 is 0 Å². The van der Waals surface area contributed by atoms with E-state index in [-0.39, 0.29) is 11.2 Å². The number of rotatable bonds is 4. The van der Waals surface area contributed by atoms with E-state index < -0.39 is 0 Å². The average Bonchev–Trinajstić information content (AvgIpc) is 2.47. The summed E-state index contributed by atoms with van der Waals surface area (Å²) in [7, 11) is 3.13. The van der Waals surface area contributed by atoms with Crippen LogP contribution in [0.15, 0.2) is 44.9 Å². The maximum Gasteiger partial charge on any atom is 0.330 e. The van der Waals surface area contributed by atoms with Crippen LogP contribution in [0.4, 0.5) is 5.69 Å². The second-order valence-electron chi connectivity index (χ2n) is 4.50. The van der Waals surface area contributed by atoms with Crippen molar-refractivity contribution in [3.05, 3.63) is 56.9 Å². The van der Waals surface area contributed by atoms with Crippen molar-refractivity contribution in [2.75, 3.05) is 11.6 Å². The number of nitrogens with zero attached hydrogens (tertiary/aromatic N) is 2. The lowest BCUT2D eigenvalue weighted by atomic mass is 10.3. The maximum absolute atomic E-state index is 12.0. The van der Waals surface area contributed by atoms with Crippen LogP contribution in [0.3, 0.4) is 0 Å². The van der Waals surface area contributed by atoms with Crippen molar-refractivity contribution in [2.24, 2.45) is 14.1 Å². The van der Waals surface area contributed by atoms with Gasteiger partial charge in [-0.05, 0) is 24.5 Å². The van der Waals surface area contributed by atoms with Crippen molar-refractivity contribution in [3.63, 3.8) is 0 Å². The molecular weight excluding hydrogens is 274 g/mol. The van der Waals surface area contributed by atoms with E-state index in [1.807, 2.05) is 30.5 Å². The minimum atomic E-state index is -0.317. The molecule has 2 aromatic rings. The summed E-state index contributed by atoms with van der Waals surface area (Å²) in [6.45, 7) is 0.388. The summed E-state index contributed by atoms with van der Waals surface area (Å²) in [5.41, 5.74) is 0.932. The number of benzene rings is 1. The van der Waals surface area contributed by atoms with Crippen LogP contribution in [0.5, 0.6) is 0 Å². The van der Waals surface area contributed by atoms with E-state index >= 15 is 0 Å². The van der Waals surface area contributed by atoms with Gasteiger partial charge in [0.15, 0.2) is 0 Å². The van der Waals surface area contributed by atoms with Crippen molar-refractivity contribution in [3.8, 4) is 0 Å². The molecule has 1 N–H and O–H groups in total. The molecule has 0 unspecified atom stereocenters. The lowest BCUT2D eigenvalue weighted by Crippen LogP contribution is -2.38. The lowest BCUT2D eigenvalue weighted by molar-refractivity contribution is 0.671. The van der Waals surface area contributed by atoms with Gasteiger partial charge in [-0.2, -0.15) is 0 Å². The Hall–Kier alpha value is -1.95. The van der Waals surface area contributed by atoms with Crippen LogP contribution in [0.1, 0.15) is 5.56 Å². The number of anilines is 1. The zero-order valence-electron chi connectivity index (χ0n) is 11.7. The van der Waals surface area contributed by atoms with Gasteiger partial charge >= 0.3 is 5.69 Å². The molecule has 106 valence electrons. The number of nitrogens with one attached hydrogen (secondary N) is 1. The summed E-state index contributed by atoms with van der Waals surface area (Å²) in [6, 6.07) is 7.97. The number of aryl methyl sites for hydroxylation is 1. The Bertz CT molecular complexity index is 734. The van der Waals surface area contributed by atoms with Gasteiger partial charge in [0.1, 0.15) is 0 Å². The largest absolute Gasteiger partial charge is 0.381 e. The quantitative estimate of drug-likeness (QED) is 0.866. The van der Waals surface area contributed by atoms with Gasteiger partial charge < -0.3 is 9.88 Å². The van der Waals surface area contributed by atoms with E-state index in [4.69, 9.17) is 0 Å². The van der Waals surface area contributed by atoms with E-state index in [0.29, 0.717) is 12.1 Å². The van der Waals surface area contributed by atoms with Gasteiger partial charge in [-0.3, -0.25) is 9.36 Å². The number of hydrogen-bond acceptors (Lipinski definition) is 4. The van der Waals surface area contributed by atoms with Gasteiger partial charge in [0, 0.05) is 37.4 Å². The maximum atomic E-state index is 12.0. The minimum Gasteiger partial charge on any atom is -0.381 e. The predicted molar refractivity (Wildman–Crippen MR) is 82.5 cm³/mol. The Balaban J connectivity index is 2.23. The second kappa shape index (κ2) is 6.00. The molecule has 0 radical (unpaired) electrons. The Morgan fingerprint density at radius 2 is 2.00 bits per heavy atom. The van der Waals surface area contributed by atoms with E-state index in [2.05, 4.69) is 5.32 Å². The zero-order chi connectivity index (χ0) is 14.7. The molecule has 1 heterocycles. The lowest BCUT2D eigenvalue weighted by Gasteiger charge is -2.09. The monoisotopic (exact) mass is 291 g/mol. The highest BCUT2D eigenvalue weighted by Crippen LogP contribution is 2.19. The van der Waals surface area contributed by atoms with Crippen LogP contribution < -0.4 is 16.6 Å². The van der Waals surface area contributed by atoms with Crippen molar-refractivity contribution in [1.29, 1.82) is 0 Å². The van der Waals surface area contributed by atoms with Crippen molar-refractivity contribution >= 4 is 17.4 Å². The van der Waals surface area contributed by atoms with Crippen LogP contribution in [0, 0.1) is 0 Å². The molecule has 0 aliphatic rings. The van der Waals surface area contributed by atoms with Crippen LogP contribution in [-0.2, 0) is 20.6 Å². The summed E-state index contributed by atoms with van der Waals surface area (Å²) in [6.07, 6.45) is 3.60. The Morgan fingerprint density at radius 3 is 2.70 bits per heavy atom. The van der Waals surface area contributed by atoms with Gasteiger partial charge in [0.25, 0.3) is 5.56 Å². The Kier molecular flexibility index (Phi) is 4.34. The van der Waals surface area contributed by atoms with Gasteiger partial charge in [-0.15, -0.1) is 11.8 Å². The molecule has 0 saturated heterocycles. The van der Waals surface area contributed by atoms with Crippen molar-refractivity contribution in [1.82, 2.24) is 9.13 Å². The molecule has 0 spiro atoms. The predicted octanol–water partition coefficient (Wildman–Crippen LogP) is 1.42. The highest BCUT2D eigenvalue weighted by Gasteiger charge is 2.06. The third-order valence-electron chi connectivity index (χ3n) is 3.07. The summed E-state index contributed by atoms with van der Waals surface area (Å²) in [4.78, 5) is 24.7. The summed E-state index contributed by atoms with van der Waals surface area (Å²) >= 11 is 1.66. The normalized spacial score (nSPS) is 10.6. The number of aromatic nitrogens is 2. The molecule has 0 amide bonds. The molecule has 1 aromatic carbocycles. The topological polar surface area (TPSA) is 56.0 Å². The summed E-state index contributed by atoms with van der Waals surface area (Å²) < 4.78 is 2.53. The third-order valence-corrected chi connectivity index (χ3v) is 3.80. The van der Waals surface area contributed by atoms with E-state index in [0.717, 1.165) is 15.1 Å². The molecule has 1 aromatic heterocycles. The molecular formula is C14H17N3O2S. The first-order chi connectivity index (χ1) is 9.52. The molecule has 0 bridgehead atoms. The fourth-order valence-corrected chi connectivity index (χ4v) is 2.39. The molecule has 0 aliphatic carbocycles. The highest BCUT2D eigenvalue weighted by atomic mass is 32.2. The number of thioether (sulfide) groups is 1. The molecule has 6 heteroatoms. The van der Waals surface area contributed by atoms with Crippen LogP contribution in [0.25, 0.3) is 0 Å². The highest BCUT2D eigenvalue weighted by molar-refractivity contribution is 7.98. The smallest absolute Gasteiger partial charge is 0.330 e.